The second-order valence-corrected chi connectivity index (χ2v) is 1.92. The Kier molecular flexibility index (Phi) is 17.5. The van der Waals surface area contributed by atoms with Crippen LogP contribution in [0.4, 0.5) is 0 Å². The number of rotatable bonds is 0. The molecule has 0 saturated carbocycles. The van der Waals surface area contributed by atoms with E-state index in [-0.39, 0.29) is 17.1 Å². The van der Waals surface area contributed by atoms with Gasteiger partial charge in [0.2, 0.25) is 0 Å². The van der Waals surface area contributed by atoms with Crippen LogP contribution in [0.3, 0.4) is 0 Å². The van der Waals surface area contributed by atoms with E-state index in [4.69, 9.17) is 0 Å². The Morgan fingerprint density at radius 3 is 0.923 bits per heavy atom. The molecule has 2 aromatic carbocycles. The first-order valence-electron chi connectivity index (χ1n) is 3.67. The van der Waals surface area contributed by atoms with Crippen LogP contribution in [0.2, 0.25) is 0 Å². The van der Waals surface area contributed by atoms with E-state index in [9.17, 15) is 0 Å². The molecule has 0 bridgehead atoms. The Bertz CT molecular complexity index is 152. The molecule has 0 aliphatic heterocycles. The van der Waals surface area contributed by atoms with Gasteiger partial charge in [-0.1, -0.05) is 0 Å². The maximum Gasteiger partial charge on any atom is 2.00 e. The molecule has 2 unspecified atom stereocenters. The van der Waals surface area contributed by atoms with Crippen LogP contribution in [0.15, 0.2) is 60.7 Å². The third-order valence-electron chi connectivity index (χ3n) is 1.11. The van der Waals surface area contributed by atoms with Gasteiger partial charge in [0.05, 0.1) is 0 Å². The molecular weight excluding hydrogens is 238 g/mol. The van der Waals surface area contributed by atoms with E-state index in [1.165, 1.54) is 0 Å². The maximum atomic E-state index is 2.33. The monoisotopic (exact) mass is 252 g/mol. The summed E-state index contributed by atoms with van der Waals surface area (Å²) in [6, 6.07) is 20.0. The van der Waals surface area contributed by atoms with Crippen molar-refractivity contribution in [3.05, 3.63) is 60.7 Å². The molecule has 13 heavy (non-hydrogen) atoms. The van der Waals surface area contributed by atoms with Crippen LogP contribution in [0, 0.1) is 0 Å². The summed E-state index contributed by atoms with van der Waals surface area (Å²) in [4.78, 5) is 0. The molecule has 3 heteroatoms. The molecular formula is C10H14FeP2. The minimum atomic E-state index is 0. The quantitative estimate of drug-likeness (QED) is 0.382. The van der Waals surface area contributed by atoms with E-state index >= 15 is 0 Å². The second-order valence-electron chi connectivity index (χ2n) is 1.92. The average Bonchev–Trinajstić information content (AvgIpc) is 2.87. The molecule has 0 N–H and O–H groups in total. The van der Waals surface area contributed by atoms with Crippen molar-refractivity contribution in [2.24, 2.45) is 0 Å². The number of hydrogen-bond acceptors (Lipinski definition) is 0. The van der Waals surface area contributed by atoms with Crippen LogP contribution in [0.5, 0.6) is 0 Å². The van der Waals surface area contributed by atoms with Gasteiger partial charge in [0.1, 0.15) is 0 Å². The molecule has 2 rings (SSSR count). The Labute approximate surface area is 95.6 Å². The van der Waals surface area contributed by atoms with E-state index in [1.807, 2.05) is 60.7 Å². The molecule has 0 heterocycles. The molecule has 0 spiro atoms. The summed E-state index contributed by atoms with van der Waals surface area (Å²) in [5.74, 6) is 0. The molecule has 0 aromatic heterocycles. The van der Waals surface area contributed by atoms with Gasteiger partial charge in [-0.05, 0) is 0 Å². The largest absolute Gasteiger partial charge is 2.00 e. The summed E-state index contributed by atoms with van der Waals surface area (Å²) in [6.45, 7) is 0. The SMILES string of the molecule is PP.[Fe+2].c1cc[cH-]c1.c1cc[cH-]c1. The zero-order valence-electron chi connectivity index (χ0n) is 7.28. The van der Waals surface area contributed by atoms with Gasteiger partial charge in [-0.3, -0.25) is 0 Å². The normalized spacial score (nSPS) is 6.62. The predicted octanol–water partition coefficient (Wildman–Crippen LogP) is 3.46. The standard InChI is InChI=1S/2C5H5.Fe.H4P2/c2*1-2-4-5-3-1;;1-2/h2*1-5H;;1-2H2/q2*-1;+2;. The summed E-state index contributed by atoms with van der Waals surface area (Å²) >= 11 is 0. The molecule has 0 nitrogen and oxygen atoms in total. The molecule has 2 aromatic rings. The van der Waals surface area contributed by atoms with Crippen molar-refractivity contribution in [1.82, 2.24) is 0 Å². The molecule has 0 radical (unpaired) electrons. The Morgan fingerprint density at radius 1 is 0.615 bits per heavy atom. The van der Waals surface area contributed by atoms with E-state index < -0.39 is 0 Å². The fourth-order valence-corrected chi connectivity index (χ4v) is 0.642. The maximum absolute atomic E-state index is 2.33. The van der Waals surface area contributed by atoms with E-state index in [1.54, 1.807) is 0 Å². The Morgan fingerprint density at radius 2 is 0.846 bits per heavy atom. The van der Waals surface area contributed by atoms with Gasteiger partial charge in [-0.2, -0.15) is 36.4 Å². The van der Waals surface area contributed by atoms with Gasteiger partial charge in [-0.15, -0.1) is 17.9 Å². The van der Waals surface area contributed by atoms with E-state index in [0.717, 1.165) is 0 Å². The molecule has 0 saturated heterocycles. The molecule has 72 valence electrons. The third kappa shape index (κ3) is 12.1. The predicted molar refractivity (Wildman–Crippen MR) is 63.5 cm³/mol. The van der Waals surface area contributed by atoms with Crippen molar-refractivity contribution in [2.75, 3.05) is 0 Å². The molecule has 2 atom stereocenters. The van der Waals surface area contributed by atoms with Crippen molar-refractivity contribution >= 4 is 17.9 Å². The summed E-state index contributed by atoms with van der Waals surface area (Å²) in [5.41, 5.74) is 0. The molecule has 0 fully saturated rings. The van der Waals surface area contributed by atoms with Gasteiger partial charge < -0.3 is 0 Å². The molecule has 0 amide bonds. The second kappa shape index (κ2) is 14.6. The fourth-order valence-electron chi connectivity index (χ4n) is 0.642. The first-order chi connectivity index (χ1) is 6.00. The zero-order valence-corrected chi connectivity index (χ0v) is 10.7. The minimum absolute atomic E-state index is 0. The smallest absolute Gasteiger partial charge is 0.214 e. The first kappa shape index (κ1) is 15.5. The Balaban J connectivity index is 0. The fraction of sp³-hybridized carbons (Fsp3) is 0. The van der Waals surface area contributed by atoms with E-state index in [2.05, 4.69) is 17.9 Å². The average molecular weight is 252 g/mol. The van der Waals surface area contributed by atoms with E-state index in [0.29, 0.717) is 0 Å². The van der Waals surface area contributed by atoms with Crippen molar-refractivity contribution < 1.29 is 17.1 Å². The first-order valence-corrected chi connectivity index (χ1v) is 6.33. The van der Waals surface area contributed by atoms with Crippen molar-refractivity contribution in [1.29, 1.82) is 0 Å². The molecule has 0 aliphatic rings. The van der Waals surface area contributed by atoms with Crippen LogP contribution < -0.4 is 0 Å². The summed E-state index contributed by atoms with van der Waals surface area (Å²) < 4.78 is 0. The third-order valence-corrected chi connectivity index (χ3v) is 1.11. The van der Waals surface area contributed by atoms with Gasteiger partial charge in [0.25, 0.3) is 0 Å². The van der Waals surface area contributed by atoms with Crippen molar-refractivity contribution in [3.63, 3.8) is 0 Å². The topological polar surface area (TPSA) is 0 Å². The van der Waals surface area contributed by atoms with Crippen LogP contribution in [-0.4, -0.2) is 0 Å². The minimum Gasteiger partial charge on any atom is -0.214 e. The van der Waals surface area contributed by atoms with Crippen LogP contribution in [-0.2, 0) is 17.1 Å². The van der Waals surface area contributed by atoms with Crippen LogP contribution >= 0.6 is 17.9 Å². The summed E-state index contributed by atoms with van der Waals surface area (Å²) in [7, 11) is 4.67. The van der Waals surface area contributed by atoms with Crippen molar-refractivity contribution in [3.8, 4) is 0 Å². The van der Waals surface area contributed by atoms with Gasteiger partial charge >= 0.3 is 17.1 Å². The molecule has 0 aliphatic carbocycles. The van der Waals surface area contributed by atoms with Crippen LogP contribution in [0.25, 0.3) is 0 Å². The van der Waals surface area contributed by atoms with Crippen molar-refractivity contribution in [2.45, 2.75) is 0 Å². The zero-order chi connectivity index (χ0) is 9.07. The summed E-state index contributed by atoms with van der Waals surface area (Å²) in [5, 5.41) is 0. The van der Waals surface area contributed by atoms with Crippen LogP contribution in [0.1, 0.15) is 0 Å². The number of hydrogen-bond donors (Lipinski definition) is 0. The van der Waals surface area contributed by atoms with Gasteiger partial charge in [0, 0.05) is 0 Å². The van der Waals surface area contributed by atoms with Gasteiger partial charge in [-0.25, -0.2) is 24.3 Å². The summed E-state index contributed by atoms with van der Waals surface area (Å²) in [6.07, 6.45) is 0. The van der Waals surface area contributed by atoms with Gasteiger partial charge in [0.15, 0.2) is 0 Å². The Hall–Kier alpha value is 0.0795.